The summed E-state index contributed by atoms with van der Waals surface area (Å²) in [6.07, 6.45) is 12.7. The monoisotopic (exact) mass is 556 g/mol. The Morgan fingerprint density at radius 2 is 1.70 bits per heavy atom. The first-order chi connectivity index (χ1) is 18.9. The smallest absolute Gasteiger partial charge is 0.230 e. The summed E-state index contributed by atoms with van der Waals surface area (Å²) in [5.74, 6) is 4.80. The lowest BCUT2D eigenvalue weighted by atomic mass is 9.44. The van der Waals surface area contributed by atoms with Crippen LogP contribution in [0, 0.1) is 52.3 Å². The van der Waals surface area contributed by atoms with E-state index in [2.05, 4.69) is 43.6 Å². The molecule has 0 aromatic carbocycles. The van der Waals surface area contributed by atoms with Crippen molar-refractivity contribution in [3.8, 4) is 0 Å². The molecule has 4 aliphatic carbocycles. The number of carbonyl (C=O) groups is 2. The minimum atomic E-state index is -0.197. The van der Waals surface area contributed by atoms with E-state index in [4.69, 9.17) is 4.74 Å². The van der Waals surface area contributed by atoms with Crippen molar-refractivity contribution in [1.29, 1.82) is 0 Å². The molecule has 12 atom stereocenters. The van der Waals surface area contributed by atoms with Crippen LogP contribution < -0.4 is 16.0 Å². The number of nitrogens with zero attached hydrogens (tertiary/aromatic N) is 1. The fraction of sp³-hybridized carbons (Fsp3) is 0.939. The van der Waals surface area contributed by atoms with Crippen molar-refractivity contribution in [1.82, 2.24) is 20.9 Å². The highest BCUT2D eigenvalue weighted by Gasteiger charge is 2.68. The largest absolute Gasteiger partial charge is 0.357 e. The van der Waals surface area contributed by atoms with Gasteiger partial charge in [-0.15, -0.1) is 0 Å². The summed E-state index contributed by atoms with van der Waals surface area (Å²) in [6, 6.07) is 0.208. The van der Waals surface area contributed by atoms with E-state index >= 15 is 0 Å². The highest BCUT2D eigenvalue weighted by molar-refractivity contribution is 5.96. The van der Waals surface area contributed by atoms with Gasteiger partial charge in [0.1, 0.15) is 12.1 Å². The van der Waals surface area contributed by atoms with Crippen LogP contribution in [-0.4, -0.2) is 61.9 Å². The Bertz CT molecular complexity index is 979. The van der Waals surface area contributed by atoms with Crippen LogP contribution in [0.15, 0.2) is 0 Å². The highest BCUT2D eigenvalue weighted by atomic mass is 16.5. The second-order valence-corrected chi connectivity index (χ2v) is 15.9. The zero-order valence-corrected chi connectivity index (χ0v) is 26.1. The summed E-state index contributed by atoms with van der Waals surface area (Å²) < 4.78 is 7.07. The predicted molar refractivity (Wildman–Crippen MR) is 157 cm³/mol. The Hall–Kier alpha value is -1.18. The molecule has 1 unspecified atom stereocenters. The van der Waals surface area contributed by atoms with E-state index < -0.39 is 0 Å². The van der Waals surface area contributed by atoms with Gasteiger partial charge >= 0.3 is 0 Å². The standard InChI is InChI=1S/C33H56N4O3/c1-20-9-14-33(35-18-20)21(2)30-27(40-33)16-26-24-8-7-22-15-23(36-29(39)17-28(38)34-19-37(5)6)10-12-31(22,3)25(24)11-13-32(26,30)4/h20-27,30,35H,7-19H2,1-6H3,(H,34,38)(H,36,39)/t20-,21+,22+,23?,24-,25+,26+,27+,30+,31+,32+,33-/m1/s1. The van der Waals surface area contributed by atoms with Crippen LogP contribution in [-0.2, 0) is 14.3 Å². The molecule has 6 rings (SSSR count). The minimum Gasteiger partial charge on any atom is -0.357 e. The molecule has 2 aliphatic heterocycles. The van der Waals surface area contributed by atoms with Crippen molar-refractivity contribution in [2.75, 3.05) is 27.3 Å². The fourth-order valence-electron chi connectivity index (χ4n) is 11.3. The molecule has 4 saturated carbocycles. The van der Waals surface area contributed by atoms with E-state index in [9.17, 15) is 9.59 Å². The van der Waals surface area contributed by atoms with Crippen molar-refractivity contribution in [2.45, 2.75) is 116 Å². The molecule has 2 saturated heterocycles. The van der Waals surface area contributed by atoms with Crippen LogP contribution in [0.3, 0.4) is 0 Å². The van der Waals surface area contributed by atoms with Gasteiger partial charge in [0.05, 0.1) is 12.8 Å². The zero-order valence-electron chi connectivity index (χ0n) is 26.1. The molecule has 3 N–H and O–H groups in total. The Balaban J connectivity index is 1.08. The maximum absolute atomic E-state index is 12.6. The third kappa shape index (κ3) is 4.74. The van der Waals surface area contributed by atoms with Crippen LogP contribution in [0.25, 0.3) is 0 Å². The van der Waals surface area contributed by atoms with Gasteiger partial charge in [-0.05, 0) is 125 Å². The third-order valence-corrected chi connectivity index (χ3v) is 13.4. The van der Waals surface area contributed by atoms with E-state index in [1.165, 1.54) is 51.4 Å². The number of hydrogen-bond acceptors (Lipinski definition) is 5. The SMILES string of the molecule is C[C@@H]1CC[C@@]2(NC1)O[C@H]1C[C@H]3[C@@H]4CC[C@H]5CC(NC(=O)CC(=O)NCN(C)C)CC[C@]5(C)[C@H]4CC[C@]3(C)[C@H]1[C@@H]2C. The summed E-state index contributed by atoms with van der Waals surface area (Å²) in [5.41, 5.74) is 0.703. The molecule has 1 spiro atoms. The zero-order chi connectivity index (χ0) is 28.4. The van der Waals surface area contributed by atoms with Crippen LogP contribution in [0.2, 0.25) is 0 Å². The Kier molecular flexibility index (Phi) is 7.60. The minimum absolute atomic E-state index is 0.0735. The Labute approximate surface area is 242 Å². The van der Waals surface area contributed by atoms with E-state index in [0.29, 0.717) is 41.4 Å². The third-order valence-electron chi connectivity index (χ3n) is 13.4. The maximum atomic E-state index is 12.6. The molecule has 2 heterocycles. The van der Waals surface area contributed by atoms with Crippen molar-refractivity contribution >= 4 is 11.8 Å². The first-order valence-electron chi connectivity index (χ1n) is 16.6. The second-order valence-electron chi connectivity index (χ2n) is 15.9. The summed E-state index contributed by atoms with van der Waals surface area (Å²) in [4.78, 5) is 26.7. The lowest BCUT2D eigenvalue weighted by Gasteiger charge is -2.61. The van der Waals surface area contributed by atoms with E-state index in [1.807, 2.05) is 19.0 Å². The molecule has 0 aromatic heterocycles. The van der Waals surface area contributed by atoms with E-state index in [-0.39, 0.29) is 30.0 Å². The molecule has 7 heteroatoms. The summed E-state index contributed by atoms with van der Waals surface area (Å²) in [6.45, 7) is 11.7. The molecule has 2 amide bonds. The first-order valence-corrected chi connectivity index (χ1v) is 16.6. The lowest BCUT2D eigenvalue weighted by molar-refractivity contribution is -0.137. The van der Waals surface area contributed by atoms with Gasteiger partial charge in [0.2, 0.25) is 11.8 Å². The summed E-state index contributed by atoms with van der Waals surface area (Å²) in [5, 5.41) is 9.93. The molecular weight excluding hydrogens is 500 g/mol. The quantitative estimate of drug-likeness (QED) is 0.343. The van der Waals surface area contributed by atoms with Gasteiger partial charge in [-0.2, -0.15) is 0 Å². The van der Waals surface area contributed by atoms with Gasteiger partial charge in [0.15, 0.2) is 0 Å². The number of ether oxygens (including phenoxy) is 1. The van der Waals surface area contributed by atoms with Crippen LogP contribution in [0.4, 0.5) is 0 Å². The van der Waals surface area contributed by atoms with Crippen molar-refractivity contribution < 1.29 is 14.3 Å². The Morgan fingerprint density at radius 1 is 0.925 bits per heavy atom. The fourth-order valence-corrected chi connectivity index (χ4v) is 11.3. The van der Waals surface area contributed by atoms with Crippen LogP contribution in [0.5, 0.6) is 0 Å². The van der Waals surface area contributed by atoms with E-state index in [0.717, 1.165) is 43.1 Å². The van der Waals surface area contributed by atoms with Gasteiger partial charge < -0.3 is 15.4 Å². The number of rotatable bonds is 5. The molecule has 6 fully saturated rings. The van der Waals surface area contributed by atoms with Gasteiger partial charge in [-0.25, -0.2) is 0 Å². The second kappa shape index (κ2) is 10.5. The number of piperidine rings is 1. The molecular formula is C33H56N4O3. The molecule has 0 radical (unpaired) electrons. The Morgan fingerprint density at radius 3 is 2.42 bits per heavy atom. The molecule has 6 aliphatic rings. The number of amides is 2. The average Bonchev–Trinajstić information content (AvgIpc) is 3.34. The van der Waals surface area contributed by atoms with Crippen molar-refractivity contribution in [3.63, 3.8) is 0 Å². The average molecular weight is 557 g/mol. The number of fused-ring (bicyclic) bond motifs is 7. The van der Waals surface area contributed by atoms with Crippen molar-refractivity contribution in [2.24, 2.45) is 52.3 Å². The number of nitrogens with one attached hydrogen (secondary N) is 3. The molecule has 0 aromatic rings. The normalized spacial score (nSPS) is 49.6. The lowest BCUT2D eigenvalue weighted by Crippen LogP contribution is -2.58. The summed E-state index contributed by atoms with van der Waals surface area (Å²) >= 11 is 0. The topological polar surface area (TPSA) is 82.7 Å². The van der Waals surface area contributed by atoms with E-state index in [1.54, 1.807) is 0 Å². The van der Waals surface area contributed by atoms with Crippen LogP contribution >= 0.6 is 0 Å². The molecule has 0 bridgehead atoms. The van der Waals surface area contributed by atoms with Gasteiger partial charge in [0, 0.05) is 18.5 Å². The van der Waals surface area contributed by atoms with Crippen molar-refractivity contribution in [3.05, 3.63) is 0 Å². The van der Waals surface area contributed by atoms with Gasteiger partial charge in [-0.3, -0.25) is 19.8 Å². The highest BCUT2D eigenvalue weighted by Crippen LogP contribution is 2.71. The van der Waals surface area contributed by atoms with Gasteiger partial charge in [0.25, 0.3) is 0 Å². The maximum Gasteiger partial charge on any atom is 0.230 e. The van der Waals surface area contributed by atoms with Crippen LogP contribution in [0.1, 0.15) is 98.3 Å². The number of hydrogen-bond donors (Lipinski definition) is 3. The first kappa shape index (κ1) is 28.9. The predicted octanol–water partition coefficient (Wildman–Crippen LogP) is 4.52. The van der Waals surface area contributed by atoms with Gasteiger partial charge in [-0.1, -0.05) is 27.7 Å². The molecule has 40 heavy (non-hydrogen) atoms. The molecule has 226 valence electrons. The summed E-state index contributed by atoms with van der Waals surface area (Å²) in [7, 11) is 3.80. The molecule has 7 nitrogen and oxygen atoms in total. The number of carbonyl (C=O) groups excluding carboxylic acids is 2.